The monoisotopic (exact) mass is 437 g/mol. The Morgan fingerprint density at radius 3 is 2.37 bits per heavy atom. The molecule has 2 heterocycles. The van der Waals surface area contributed by atoms with E-state index in [-0.39, 0.29) is 12.5 Å². The molecule has 1 aliphatic heterocycles. The fourth-order valence-corrected chi connectivity index (χ4v) is 3.92. The summed E-state index contributed by atoms with van der Waals surface area (Å²) in [6.07, 6.45) is 1.61. The zero-order valence-electron chi connectivity index (χ0n) is 14.8. The van der Waals surface area contributed by atoms with E-state index in [1.807, 2.05) is 11.0 Å². The van der Waals surface area contributed by atoms with Gasteiger partial charge in [0, 0.05) is 54.7 Å². The van der Waals surface area contributed by atoms with Crippen molar-refractivity contribution in [2.24, 2.45) is 0 Å². The molecular formula is C18H20BrN3O5. The van der Waals surface area contributed by atoms with E-state index in [1.54, 1.807) is 27.8 Å². The van der Waals surface area contributed by atoms with Crippen molar-refractivity contribution in [2.75, 3.05) is 26.2 Å². The normalized spacial score (nSPS) is 16.4. The maximum atomic E-state index is 12.1. The number of rotatable bonds is 5. The number of carbonyl (C=O) groups excluding carboxylic acids is 1. The third kappa shape index (κ3) is 3.98. The van der Waals surface area contributed by atoms with Crippen molar-refractivity contribution < 1.29 is 24.6 Å². The average Bonchev–Trinajstić information content (AvgIpc) is 2.92. The SMILES string of the molecule is CC(=O)N1CCN([C@@H](C(=O)O)c2cn(CC(=O)O)c3cc(Br)ccc23)CC1. The third-order valence-electron chi connectivity index (χ3n) is 4.83. The van der Waals surface area contributed by atoms with Crippen LogP contribution in [-0.4, -0.2) is 68.6 Å². The summed E-state index contributed by atoms with van der Waals surface area (Å²) in [5, 5.41) is 19.8. The van der Waals surface area contributed by atoms with E-state index in [4.69, 9.17) is 0 Å². The second-order valence-electron chi connectivity index (χ2n) is 6.55. The maximum absolute atomic E-state index is 12.1. The van der Waals surface area contributed by atoms with Crippen LogP contribution in [0, 0.1) is 0 Å². The van der Waals surface area contributed by atoms with Gasteiger partial charge in [0.25, 0.3) is 0 Å². The van der Waals surface area contributed by atoms with E-state index in [9.17, 15) is 24.6 Å². The molecule has 1 aliphatic rings. The van der Waals surface area contributed by atoms with E-state index >= 15 is 0 Å². The fraction of sp³-hybridized carbons (Fsp3) is 0.389. The van der Waals surface area contributed by atoms with Crippen molar-refractivity contribution in [3.05, 3.63) is 34.4 Å². The molecule has 1 fully saturated rings. The number of halogens is 1. The van der Waals surface area contributed by atoms with Crippen molar-refractivity contribution in [3.8, 4) is 0 Å². The molecule has 1 amide bonds. The Kier molecular flexibility index (Phi) is 5.52. The number of aliphatic carboxylic acids is 2. The third-order valence-corrected chi connectivity index (χ3v) is 5.33. The Bertz CT molecular complexity index is 902. The Morgan fingerprint density at radius 2 is 1.81 bits per heavy atom. The Hall–Kier alpha value is -2.39. The lowest BCUT2D eigenvalue weighted by Crippen LogP contribution is -2.50. The van der Waals surface area contributed by atoms with Crippen LogP contribution < -0.4 is 0 Å². The van der Waals surface area contributed by atoms with Crippen LogP contribution in [0.3, 0.4) is 0 Å². The summed E-state index contributed by atoms with van der Waals surface area (Å²) in [5.41, 5.74) is 1.22. The van der Waals surface area contributed by atoms with Crippen molar-refractivity contribution in [2.45, 2.75) is 19.5 Å². The standard InChI is InChI=1S/C18H20BrN3O5/c1-11(23)20-4-6-21(7-5-20)17(18(26)27)14-9-22(10-16(24)25)15-8-12(19)2-3-13(14)15/h2-3,8-9,17H,4-7,10H2,1H3,(H,24,25)(H,26,27)/t17-/m1/s1. The molecule has 0 spiro atoms. The highest BCUT2D eigenvalue weighted by molar-refractivity contribution is 9.10. The number of carboxylic acids is 2. The van der Waals surface area contributed by atoms with Gasteiger partial charge in [-0.15, -0.1) is 0 Å². The first-order valence-corrected chi connectivity index (χ1v) is 9.29. The number of nitrogens with zero attached hydrogens (tertiary/aromatic N) is 3. The number of benzene rings is 1. The molecule has 3 rings (SSSR count). The predicted octanol–water partition coefficient (Wildman–Crippen LogP) is 1.78. The van der Waals surface area contributed by atoms with Crippen LogP contribution >= 0.6 is 15.9 Å². The van der Waals surface area contributed by atoms with E-state index in [0.29, 0.717) is 42.6 Å². The minimum absolute atomic E-state index is 0.0237. The topological polar surface area (TPSA) is 103 Å². The van der Waals surface area contributed by atoms with Gasteiger partial charge < -0.3 is 19.7 Å². The molecule has 0 radical (unpaired) electrons. The predicted molar refractivity (Wildman–Crippen MR) is 101 cm³/mol. The van der Waals surface area contributed by atoms with Crippen molar-refractivity contribution >= 4 is 44.7 Å². The Balaban J connectivity index is 2.01. The first kappa shape index (κ1) is 19.4. The zero-order chi connectivity index (χ0) is 19.7. The fourth-order valence-electron chi connectivity index (χ4n) is 3.57. The number of hydrogen-bond donors (Lipinski definition) is 2. The molecular weight excluding hydrogens is 418 g/mol. The van der Waals surface area contributed by atoms with Gasteiger partial charge in [0.05, 0.1) is 5.52 Å². The molecule has 0 unspecified atom stereocenters. The molecule has 1 atom stereocenters. The minimum Gasteiger partial charge on any atom is -0.480 e. The van der Waals surface area contributed by atoms with Crippen LogP contribution in [0.5, 0.6) is 0 Å². The second kappa shape index (κ2) is 7.69. The van der Waals surface area contributed by atoms with Crippen molar-refractivity contribution in [1.82, 2.24) is 14.4 Å². The molecule has 1 saturated heterocycles. The number of aromatic nitrogens is 1. The Labute approximate surface area is 164 Å². The molecule has 0 bridgehead atoms. The summed E-state index contributed by atoms with van der Waals surface area (Å²) >= 11 is 3.38. The van der Waals surface area contributed by atoms with Gasteiger partial charge >= 0.3 is 11.9 Å². The van der Waals surface area contributed by atoms with Gasteiger partial charge in [-0.3, -0.25) is 19.3 Å². The first-order chi connectivity index (χ1) is 12.8. The van der Waals surface area contributed by atoms with Gasteiger partial charge in [0.1, 0.15) is 12.6 Å². The number of piperazine rings is 1. The van der Waals surface area contributed by atoms with Gasteiger partial charge in [0.2, 0.25) is 5.91 Å². The molecule has 2 N–H and O–H groups in total. The second-order valence-corrected chi connectivity index (χ2v) is 7.47. The minimum atomic E-state index is -1.000. The van der Waals surface area contributed by atoms with E-state index < -0.39 is 18.0 Å². The lowest BCUT2D eigenvalue weighted by atomic mass is 10.0. The summed E-state index contributed by atoms with van der Waals surface area (Å²) in [4.78, 5) is 38.4. The van der Waals surface area contributed by atoms with Gasteiger partial charge in [-0.25, -0.2) is 0 Å². The molecule has 9 heteroatoms. The number of hydrogen-bond acceptors (Lipinski definition) is 4. The molecule has 0 aliphatic carbocycles. The zero-order valence-corrected chi connectivity index (χ0v) is 16.3. The highest BCUT2D eigenvalue weighted by Crippen LogP contribution is 2.33. The highest BCUT2D eigenvalue weighted by Gasteiger charge is 2.33. The number of carboxylic acid groups (broad SMARTS) is 2. The maximum Gasteiger partial charge on any atom is 0.325 e. The lowest BCUT2D eigenvalue weighted by Gasteiger charge is -2.37. The quantitative estimate of drug-likeness (QED) is 0.738. The average molecular weight is 438 g/mol. The molecule has 1 aromatic carbocycles. The highest BCUT2D eigenvalue weighted by atomic mass is 79.9. The molecule has 27 heavy (non-hydrogen) atoms. The molecule has 144 valence electrons. The summed E-state index contributed by atoms with van der Waals surface area (Å²) in [6.45, 7) is 3.08. The molecule has 2 aromatic rings. The van der Waals surface area contributed by atoms with E-state index in [1.165, 1.54) is 6.92 Å². The van der Waals surface area contributed by atoms with E-state index in [2.05, 4.69) is 15.9 Å². The van der Waals surface area contributed by atoms with Crippen LogP contribution in [0.4, 0.5) is 0 Å². The Morgan fingerprint density at radius 1 is 1.15 bits per heavy atom. The molecule has 0 saturated carbocycles. The summed E-state index contributed by atoms with van der Waals surface area (Å²) in [7, 11) is 0. The summed E-state index contributed by atoms with van der Waals surface area (Å²) in [6, 6.07) is 4.49. The first-order valence-electron chi connectivity index (χ1n) is 8.50. The lowest BCUT2D eigenvalue weighted by molar-refractivity contribution is -0.145. The van der Waals surface area contributed by atoms with Gasteiger partial charge in [-0.1, -0.05) is 22.0 Å². The number of fused-ring (bicyclic) bond motifs is 1. The summed E-state index contributed by atoms with van der Waals surface area (Å²) in [5.74, 6) is -2.02. The summed E-state index contributed by atoms with van der Waals surface area (Å²) < 4.78 is 2.34. The van der Waals surface area contributed by atoms with Crippen LogP contribution in [0.15, 0.2) is 28.9 Å². The van der Waals surface area contributed by atoms with Gasteiger partial charge in [0.15, 0.2) is 0 Å². The largest absolute Gasteiger partial charge is 0.480 e. The van der Waals surface area contributed by atoms with Crippen LogP contribution in [0.25, 0.3) is 10.9 Å². The van der Waals surface area contributed by atoms with Crippen molar-refractivity contribution in [1.29, 1.82) is 0 Å². The number of amides is 1. The van der Waals surface area contributed by atoms with Crippen LogP contribution in [-0.2, 0) is 20.9 Å². The van der Waals surface area contributed by atoms with Gasteiger partial charge in [-0.05, 0) is 12.1 Å². The van der Waals surface area contributed by atoms with Crippen LogP contribution in [0.2, 0.25) is 0 Å². The molecule has 8 nitrogen and oxygen atoms in total. The smallest absolute Gasteiger partial charge is 0.325 e. The van der Waals surface area contributed by atoms with Crippen molar-refractivity contribution in [3.63, 3.8) is 0 Å². The van der Waals surface area contributed by atoms with E-state index in [0.717, 1.165) is 4.47 Å². The van der Waals surface area contributed by atoms with Crippen LogP contribution in [0.1, 0.15) is 18.5 Å². The number of carbonyl (C=O) groups is 3. The molecule has 1 aromatic heterocycles. The van der Waals surface area contributed by atoms with Gasteiger partial charge in [-0.2, -0.15) is 0 Å².